The number of rotatable bonds is 4. The van der Waals surface area contributed by atoms with Gasteiger partial charge in [0.05, 0.1) is 0 Å². The summed E-state index contributed by atoms with van der Waals surface area (Å²) in [4.78, 5) is 0. The topological polar surface area (TPSA) is 0 Å². The third-order valence-electron chi connectivity index (χ3n) is 6.98. The van der Waals surface area contributed by atoms with E-state index >= 15 is 0 Å². The molecule has 146 valence electrons. The minimum Gasteiger partial charge on any atom is -0.0629 e. The summed E-state index contributed by atoms with van der Waals surface area (Å²) in [6.45, 7) is 11.7. The predicted molar refractivity (Wildman–Crippen MR) is 130 cm³/mol. The summed E-state index contributed by atoms with van der Waals surface area (Å²) in [5, 5.41) is 3.05. The molecule has 1 aliphatic carbocycles. The molecule has 3 aromatic rings. The molecule has 0 heterocycles. The zero-order chi connectivity index (χ0) is 20.6. The lowest BCUT2D eigenvalue weighted by molar-refractivity contribution is 0.901. The monoisotopic (exact) mass is 394 g/mol. The summed E-state index contributed by atoms with van der Waals surface area (Å²) in [5.74, 6) is 0. The van der Waals surface area contributed by atoms with E-state index in [9.17, 15) is 0 Å². The van der Waals surface area contributed by atoms with E-state index in [-0.39, 0.29) is 5.04 Å². The van der Waals surface area contributed by atoms with Crippen LogP contribution >= 0.6 is 0 Å². The van der Waals surface area contributed by atoms with Gasteiger partial charge >= 0.3 is 0 Å². The molecular formula is C28H30Si. The second-order valence-corrected chi connectivity index (χ2v) is 11.9. The molecule has 0 saturated heterocycles. The van der Waals surface area contributed by atoms with Gasteiger partial charge in [-0.1, -0.05) is 113 Å². The van der Waals surface area contributed by atoms with E-state index in [1.54, 1.807) is 0 Å². The molecule has 0 radical (unpaired) electrons. The molecule has 0 saturated carbocycles. The first kappa shape index (κ1) is 19.7. The van der Waals surface area contributed by atoms with Gasteiger partial charge in [-0.05, 0) is 50.0 Å². The summed E-state index contributed by atoms with van der Waals surface area (Å²) < 4.78 is 0. The number of hydrogen-bond acceptors (Lipinski definition) is 0. The van der Waals surface area contributed by atoms with Crippen molar-refractivity contribution in [2.75, 3.05) is 0 Å². The van der Waals surface area contributed by atoms with Gasteiger partial charge in [0.15, 0.2) is 0 Å². The van der Waals surface area contributed by atoms with Crippen molar-refractivity contribution in [3.63, 3.8) is 0 Å². The molecular weight excluding hydrogens is 364 g/mol. The molecule has 0 bridgehead atoms. The fourth-order valence-corrected chi connectivity index (χ4v) is 9.44. The van der Waals surface area contributed by atoms with E-state index in [0.717, 1.165) is 0 Å². The van der Waals surface area contributed by atoms with Crippen molar-refractivity contribution >= 4 is 24.7 Å². The summed E-state index contributed by atoms with van der Waals surface area (Å²) in [6.07, 6.45) is 0. The molecule has 0 N–H and O–H groups in total. The number of allylic oxidation sites excluding steroid dienone is 4. The SMILES string of the molecule is CC1=C(C)C(C)([SiH](c2ccccc2)c2ccccc2)C(c2ccc(C)cc2)=C1C. The highest BCUT2D eigenvalue weighted by Crippen LogP contribution is 2.58. The molecule has 0 aromatic heterocycles. The Balaban J connectivity index is 2.00. The van der Waals surface area contributed by atoms with Crippen LogP contribution in [-0.4, -0.2) is 8.80 Å². The van der Waals surface area contributed by atoms with Crippen LogP contribution in [0.2, 0.25) is 5.04 Å². The highest BCUT2D eigenvalue weighted by atomic mass is 28.3. The maximum Gasteiger partial charge on any atom is 0.117 e. The molecule has 1 unspecified atom stereocenters. The molecule has 3 aromatic carbocycles. The number of benzene rings is 3. The van der Waals surface area contributed by atoms with Gasteiger partial charge in [0.25, 0.3) is 0 Å². The third kappa shape index (κ3) is 3.24. The standard InChI is InChI=1S/C28H30Si/c1-20-16-18-24(19-17-20)27-22(3)21(2)23(4)28(27,5)29(25-12-8-6-9-13-25)26-14-10-7-11-15-26/h6-19,29H,1-5H3. The Labute approximate surface area is 177 Å². The number of hydrogen-bond donors (Lipinski definition) is 0. The average molecular weight is 395 g/mol. The highest BCUT2D eigenvalue weighted by Gasteiger charge is 2.47. The normalized spacial score (nSPS) is 19.4. The Kier molecular flexibility index (Phi) is 5.18. The van der Waals surface area contributed by atoms with E-state index in [2.05, 4.69) is 120 Å². The Morgan fingerprint density at radius 2 is 1.07 bits per heavy atom. The van der Waals surface area contributed by atoms with Gasteiger partial charge in [0.1, 0.15) is 8.80 Å². The van der Waals surface area contributed by atoms with Crippen molar-refractivity contribution in [2.45, 2.75) is 39.7 Å². The van der Waals surface area contributed by atoms with Crippen LogP contribution in [0.4, 0.5) is 0 Å². The van der Waals surface area contributed by atoms with Crippen LogP contribution in [0.25, 0.3) is 5.57 Å². The van der Waals surface area contributed by atoms with Gasteiger partial charge < -0.3 is 0 Å². The van der Waals surface area contributed by atoms with Crippen LogP contribution in [0.1, 0.15) is 38.8 Å². The minimum absolute atomic E-state index is 0.0339. The molecule has 0 amide bonds. The smallest absolute Gasteiger partial charge is 0.0629 e. The summed E-state index contributed by atoms with van der Waals surface area (Å²) in [5.41, 5.74) is 8.67. The summed E-state index contributed by atoms with van der Waals surface area (Å²) in [6, 6.07) is 31.6. The fourth-order valence-electron chi connectivity index (χ4n) is 5.18. The molecule has 0 fully saturated rings. The molecule has 1 aliphatic rings. The van der Waals surface area contributed by atoms with Gasteiger partial charge in [-0.15, -0.1) is 0 Å². The van der Waals surface area contributed by atoms with Gasteiger partial charge in [-0.2, -0.15) is 0 Å². The Hall–Kier alpha value is -2.64. The van der Waals surface area contributed by atoms with E-state index in [0.29, 0.717) is 0 Å². The largest absolute Gasteiger partial charge is 0.117 e. The van der Waals surface area contributed by atoms with Crippen LogP contribution in [-0.2, 0) is 0 Å². The minimum atomic E-state index is -1.61. The van der Waals surface area contributed by atoms with E-state index < -0.39 is 8.80 Å². The predicted octanol–water partition coefficient (Wildman–Crippen LogP) is 5.92. The lowest BCUT2D eigenvalue weighted by Crippen LogP contribution is -2.51. The van der Waals surface area contributed by atoms with Gasteiger partial charge in [-0.25, -0.2) is 0 Å². The van der Waals surface area contributed by atoms with Crippen LogP contribution in [0.3, 0.4) is 0 Å². The first-order valence-corrected chi connectivity index (χ1v) is 12.2. The molecule has 0 nitrogen and oxygen atoms in total. The summed E-state index contributed by atoms with van der Waals surface area (Å²) >= 11 is 0. The fraction of sp³-hybridized carbons (Fsp3) is 0.214. The van der Waals surface area contributed by atoms with E-state index in [1.807, 2.05) is 0 Å². The Morgan fingerprint density at radius 1 is 0.586 bits per heavy atom. The van der Waals surface area contributed by atoms with Gasteiger partial charge in [0.2, 0.25) is 0 Å². The molecule has 0 aliphatic heterocycles. The molecule has 1 heteroatoms. The van der Waals surface area contributed by atoms with Crippen molar-refractivity contribution in [1.82, 2.24) is 0 Å². The lowest BCUT2D eigenvalue weighted by Gasteiger charge is -2.39. The Morgan fingerprint density at radius 3 is 1.55 bits per heavy atom. The molecule has 1 atom stereocenters. The second-order valence-electron chi connectivity index (χ2n) is 8.57. The lowest BCUT2D eigenvalue weighted by atomic mass is 9.90. The first-order chi connectivity index (χ1) is 13.9. The van der Waals surface area contributed by atoms with Crippen molar-refractivity contribution in [2.24, 2.45) is 0 Å². The van der Waals surface area contributed by atoms with Crippen LogP contribution in [0.15, 0.2) is 102 Å². The molecule has 29 heavy (non-hydrogen) atoms. The van der Waals surface area contributed by atoms with Gasteiger partial charge in [-0.3, -0.25) is 0 Å². The van der Waals surface area contributed by atoms with Crippen LogP contribution < -0.4 is 10.4 Å². The van der Waals surface area contributed by atoms with E-state index in [4.69, 9.17) is 0 Å². The highest BCUT2D eigenvalue weighted by molar-refractivity contribution is 6.89. The molecule has 0 spiro atoms. The Bertz CT molecular complexity index is 1030. The zero-order valence-corrected chi connectivity index (χ0v) is 19.3. The van der Waals surface area contributed by atoms with Crippen molar-refractivity contribution < 1.29 is 0 Å². The van der Waals surface area contributed by atoms with Gasteiger partial charge in [0, 0.05) is 5.04 Å². The maximum atomic E-state index is 2.51. The van der Waals surface area contributed by atoms with E-state index in [1.165, 1.54) is 43.8 Å². The van der Waals surface area contributed by atoms with Crippen molar-refractivity contribution in [1.29, 1.82) is 0 Å². The number of aryl methyl sites for hydroxylation is 1. The summed E-state index contributed by atoms with van der Waals surface area (Å²) in [7, 11) is -1.61. The van der Waals surface area contributed by atoms with Crippen molar-refractivity contribution in [3.05, 3.63) is 113 Å². The zero-order valence-electron chi connectivity index (χ0n) is 18.2. The van der Waals surface area contributed by atoms with Crippen LogP contribution in [0, 0.1) is 6.92 Å². The third-order valence-corrected chi connectivity index (χ3v) is 11.0. The second kappa shape index (κ2) is 7.65. The maximum absolute atomic E-state index is 2.51. The van der Waals surface area contributed by atoms with Crippen LogP contribution in [0.5, 0.6) is 0 Å². The molecule has 4 rings (SSSR count). The van der Waals surface area contributed by atoms with Crippen molar-refractivity contribution in [3.8, 4) is 0 Å². The first-order valence-electron chi connectivity index (χ1n) is 10.5. The average Bonchev–Trinajstić information content (AvgIpc) is 2.91. The quantitative estimate of drug-likeness (QED) is 0.482.